The highest BCUT2D eigenvalue weighted by Crippen LogP contribution is 2.41. The molecule has 0 heterocycles. The minimum absolute atomic E-state index is 0.142. The molecule has 1 aliphatic rings. The Bertz CT molecular complexity index is 1210. The van der Waals surface area contributed by atoms with Crippen LogP contribution in [0.4, 0.5) is 0 Å². The zero-order valence-electron chi connectivity index (χ0n) is 32.9. The van der Waals surface area contributed by atoms with E-state index < -0.39 is 0 Å². The third-order valence-corrected chi connectivity index (χ3v) is 12.4. The summed E-state index contributed by atoms with van der Waals surface area (Å²) in [6, 6.07) is 7.38. The third kappa shape index (κ3) is 16.3. The van der Waals surface area contributed by atoms with Crippen LogP contribution in [-0.2, 0) is 0 Å². The first-order valence-corrected chi connectivity index (χ1v) is 23.7. The lowest BCUT2D eigenvalue weighted by Crippen LogP contribution is -2.24. The summed E-state index contributed by atoms with van der Waals surface area (Å²) in [6.45, 7) is 5.67. The van der Waals surface area contributed by atoms with Crippen LogP contribution < -0.4 is 9.47 Å². The van der Waals surface area contributed by atoms with E-state index in [-0.39, 0.29) is 11.6 Å². The molecular weight excluding hydrogens is 870 g/mol. The predicted molar refractivity (Wildman–Crippen MR) is 237 cm³/mol. The fourth-order valence-corrected chi connectivity index (χ4v) is 8.65. The highest BCUT2D eigenvalue weighted by atomic mass is 127. The second-order valence-corrected chi connectivity index (χ2v) is 17.5. The summed E-state index contributed by atoms with van der Waals surface area (Å²) in [7, 11) is 0. The number of carbonyl (C=O) groups excluding carboxylic acids is 2. The van der Waals surface area contributed by atoms with Crippen LogP contribution in [0.3, 0.4) is 0 Å². The van der Waals surface area contributed by atoms with Gasteiger partial charge in [0.2, 0.25) is 0 Å². The number of unbranched alkanes of at least 4 members (excludes halogenated alkanes) is 26. The maximum Gasteiger partial charge on any atom is 0.198 e. The summed E-state index contributed by atoms with van der Waals surface area (Å²) in [4.78, 5) is 27.9. The zero-order valence-corrected chi connectivity index (χ0v) is 37.2. The SMILES string of the molecule is CCCCCCCCCCCCCCCCOc1c(I)ccc2c1C(=O)c1ccc(I)c(OCCCCCCCCCCCCCCCC)c1C2=O. The van der Waals surface area contributed by atoms with Gasteiger partial charge in [-0.15, -0.1) is 0 Å². The zero-order chi connectivity index (χ0) is 37.2. The summed E-state index contributed by atoms with van der Waals surface area (Å²) in [5, 5.41) is 0. The van der Waals surface area contributed by atoms with E-state index in [0.717, 1.165) is 32.8 Å². The number of carbonyl (C=O) groups is 2. The van der Waals surface area contributed by atoms with Gasteiger partial charge in [-0.2, -0.15) is 0 Å². The number of rotatable bonds is 32. The summed E-state index contributed by atoms with van der Waals surface area (Å²) >= 11 is 4.46. The van der Waals surface area contributed by atoms with Gasteiger partial charge in [0.1, 0.15) is 11.5 Å². The van der Waals surface area contributed by atoms with E-state index in [2.05, 4.69) is 59.0 Å². The van der Waals surface area contributed by atoms with Crippen molar-refractivity contribution in [1.82, 2.24) is 0 Å². The van der Waals surface area contributed by atoms with Crippen molar-refractivity contribution < 1.29 is 19.1 Å². The topological polar surface area (TPSA) is 52.6 Å². The quantitative estimate of drug-likeness (QED) is 0.0462. The molecule has 2 aromatic rings. The Hall–Kier alpha value is -1.16. The van der Waals surface area contributed by atoms with Crippen molar-refractivity contribution in [2.75, 3.05) is 13.2 Å². The van der Waals surface area contributed by atoms with E-state index in [0.29, 0.717) is 47.0 Å². The van der Waals surface area contributed by atoms with Gasteiger partial charge in [-0.25, -0.2) is 0 Å². The maximum atomic E-state index is 14.0. The van der Waals surface area contributed by atoms with Gasteiger partial charge in [0, 0.05) is 11.1 Å². The average Bonchev–Trinajstić information content (AvgIpc) is 3.14. The fourth-order valence-electron chi connectivity index (χ4n) is 7.44. The smallest absolute Gasteiger partial charge is 0.198 e. The Labute approximate surface area is 345 Å². The van der Waals surface area contributed by atoms with E-state index in [4.69, 9.17) is 9.47 Å². The Balaban J connectivity index is 1.37. The maximum absolute atomic E-state index is 14.0. The van der Waals surface area contributed by atoms with Crippen molar-refractivity contribution in [3.63, 3.8) is 0 Å². The summed E-state index contributed by atoms with van der Waals surface area (Å²) in [6.07, 6.45) is 36.7. The highest BCUT2D eigenvalue weighted by Gasteiger charge is 2.36. The van der Waals surface area contributed by atoms with Crippen LogP contribution in [-0.4, -0.2) is 24.8 Å². The lowest BCUT2D eigenvalue weighted by Gasteiger charge is -2.24. The van der Waals surface area contributed by atoms with Crippen molar-refractivity contribution in [3.8, 4) is 11.5 Å². The van der Waals surface area contributed by atoms with Crippen molar-refractivity contribution in [3.05, 3.63) is 53.7 Å². The summed E-state index contributed by atoms with van der Waals surface area (Å²) in [5.41, 5.74) is 1.68. The van der Waals surface area contributed by atoms with Gasteiger partial charge in [0.25, 0.3) is 0 Å². The van der Waals surface area contributed by atoms with Gasteiger partial charge in [-0.05, 0) is 82.3 Å². The molecule has 0 saturated carbocycles. The van der Waals surface area contributed by atoms with Crippen LogP contribution in [0.1, 0.15) is 225 Å². The molecule has 0 unspecified atom stereocenters. The lowest BCUT2D eigenvalue weighted by atomic mass is 9.83. The Kier molecular flexibility index (Phi) is 24.6. The predicted octanol–water partition coefficient (Wildman–Crippen LogP) is 15.4. The van der Waals surface area contributed by atoms with Crippen molar-refractivity contribution in [2.24, 2.45) is 0 Å². The van der Waals surface area contributed by atoms with Crippen molar-refractivity contribution in [2.45, 2.75) is 194 Å². The molecule has 6 heteroatoms. The Morgan fingerprint density at radius 1 is 0.385 bits per heavy atom. The molecule has 0 spiro atoms. The number of halogens is 2. The fraction of sp³-hybridized carbons (Fsp3) is 0.696. The van der Waals surface area contributed by atoms with Crippen LogP contribution in [0.25, 0.3) is 0 Å². The van der Waals surface area contributed by atoms with E-state index in [1.807, 2.05) is 12.1 Å². The monoisotopic (exact) mass is 940 g/mol. The van der Waals surface area contributed by atoms with E-state index in [1.165, 1.54) is 154 Å². The first-order valence-electron chi connectivity index (χ1n) is 21.5. The minimum Gasteiger partial charge on any atom is -0.492 e. The molecule has 2 aromatic carbocycles. The van der Waals surface area contributed by atoms with Gasteiger partial charge < -0.3 is 9.47 Å². The standard InChI is InChI=1S/C46H70I2O4/c1-3-5-7-9-11-13-15-17-19-21-23-25-27-29-35-51-45-39(47)33-31-37-41(45)43(49)38-32-34-40(48)46(42(38)44(37)50)52-36-30-28-26-24-22-20-18-16-14-12-10-8-6-4-2/h31-34H,3-30,35-36H2,1-2H3. The van der Waals surface area contributed by atoms with Crippen molar-refractivity contribution >= 4 is 56.7 Å². The highest BCUT2D eigenvalue weighted by molar-refractivity contribution is 14.1. The van der Waals surface area contributed by atoms with Crippen LogP contribution in [0.2, 0.25) is 0 Å². The van der Waals surface area contributed by atoms with Crippen LogP contribution >= 0.6 is 45.2 Å². The molecule has 1 aliphatic carbocycles. The molecule has 0 amide bonds. The number of fused-ring (bicyclic) bond motifs is 2. The average molecular weight is 941 g/mol. The first-order chi connectivity index (χ1) is 25.5. The van der Waals surface area contributed by atoms with E-state index in [1.54, 1.807) is 12.1 Å². The van der Waals surface area contributed by atoms with Crippen LogP contribution in [0.15, 0.2) is 24.3 Å². The largest absolute Gasteiger partial charge is 0.492 e. The normalized spacial score (nSPS) is 12.3. The van der Waals surface area contributed by atoms with Gasteiger partial charge >= 0.3 is 0 Å². The van der Waals surface area contributed by atoms with Crippen LogP contribution in [0.5, 0.6) is 11.5 Å². The van der Waals surface area contributed by atoms with Gasteiger partial charge in [-0.1, -0.05) is 181 Å². The summed E-state index contributed by atoms with van der Waals surface area (Å²) in [5.74, 6) is 0.828. The molecule has 0 radical (unpaired) electrons. The number of ketones is 2. The van der Waals surface area contributed by atoms with Gasteiger partial charge in [0.05, 0.1) is 31.5 Å². The molecule has 292 valence electrons. The van der Waals surface area contributed by atoms with Gasteiger partial charge in [-0.3, -0.25) is 9.59 Å². The molecule has 0 bridgehead atoms. The van der Waals surface area contributed by atoms with Crippen LogP contribution in [0, 0.1) is 7.14 Å². The number of hydrogen-bond donors (Lipinski definition) is 0. The van der Waals surface area contributed by atoms with E-state index in [9.17, 15) is 9.59 Å². The molecule has 4 nitrogen and oxygen atoms in total. The number of hydrogen-bond acceptors (Lipinski definition) is 4. The molecular formula is C46H70I2O4. The Morgan fingerprint density at radius 2 is 0.635 bits per heavy atom. The number of ether oxygens (including phenoxy) is 2. The first kappa shape index (κ1) is 45.2. The molecule has 0 aliphatic heterocycles. The van der Waals surface area contributed by atoms with E-state index >= 15 is 0 Å². The Morgan fingerprint density at radius 3 is 0.904 bits per heavy atom. The lowest BCUT2D eigenvalue weighted by molar-refractivity contribution is 0.0971. The molecule has 0 atom stereocenters. The molecule has 0 aromatic heterocycles. The molecule has 0 N–H and O–H groups in total. The second kappa shape index (κ2) is 28.3. The summed E-state index contributed by atoms with van der Waals surface area (Å²) < 4.78 is 14.3. The minimum atomic E-state index is -0.142. The van der Waals surface area contributed by atoms with Gasteiger partial charge in [0.15, 0.2) is 11.6 Å². The number of benzene rings is 2. The molecule has 3 rings (SSSR count). The molecule has 0 saturated heterocycles. The third-order valence-electron chi connectivity index (χ3n) is 10.7. The van der Waals surface area contributed by atoms with Crippen molar-refractivity contribution in [1.29, 1.82) is 0 Å². The second-order valence-electron chi connectivity index (χ2n) is 15.1. The molecule has 0 fully saturated rings. The molecule has 52 heavy (non-hydrogen) atoms.